The van der Waals surface area contributed by atoms with Crippen molar-refractivity contribution < 1.29 is 14.8 Å². The summed E-state index contributed by atoms with van der Waals surface area (Å²) in [5, 5.41) is 2.73. The van der Waals surface area contributed by atoms with Crippen molar-refractivity contribution in [2.24, 2.45) is 11.8 Å². The second-order valence-corrected chi connectivity index (χ2v) is 8.79. The highest BCUT2D eigenvalue weighted by Gasteiger charge is 2.20. The van der Waals surface area contributed by atoms with E-state index in [0.717, 1.165) is 6.42 Å². The molecule has 6 heteroatoms. The van der Waals surface area contributed by atoms with Gasteiger partial charge in [0.15, 0.2) is 17.3 Å². The van der Waals surface area contributed by atoms with E-state index in [-0.39, 0.29) is 11.6 Å². The molecule has 1 heterocycles. The minimum absolute atomic E-state index is 0.173. The van der Waals surface area contributed by atoms with Crippen LogP contribution in [-0.2, 0) is 13.0 Å². The van der Waals surface area contributed by atoms with E-state index in [9.17, 15) is 4.79 Å². The lowest BCUT2D eigenvalue weighted by Gasteiger charge is -2.20. The van der Waals surface area contributed by atoms with Crippen LogP contribution in [0.5, 0.6) is 11.5 Å². The average Bonchev–Trinajstić information content (AvgIpc) is 2.73. The Morgan fingerprint density at radius 2 is 1.65 bits per heavy atom. The fourth-order valence-corrected chi connectivity index (χ4v) is 3.99. The van der Waals surface area contributed by atoms with Crippen molar-refractivity contribution in [1.29, 1.82) is 0 Å². The number of H-pyrrole nitrogens is 1. The van der Waals surface area contributed by atoms with E-state index in [1.807, 2.05) is 0 Å². The van der Waals surface area contributed by atoms with Crippen LogP contribution in [0.15, 0.2) is 41.2 Å². The predicted molar refractivity (Wildman–Crippen MR) is 124 cm³/mol. The maximum atomic E-state index is 12.6. The Labute approximate surface area is 184 Å². The first kappa shape index (κ1) is 22.8. The first-order valence-electron chi connectivity index (χ1n) is 10.9. The quantitative estimate of drug-likeness (QED) is 0.550. The van der Waals surface area contributed by atoms with Crippen molar-refractivity contribution in [3.63, 3.8) is 0 Å². The molecule has 0 saturated carbocycles. The molecule has 0 unspecified atom stereocenters. The summed E-state index contributed by atoms with van der Waals surface area (Å²) in [5.74, 6) is 2.80. The van der Waals surface area contributed by atoms with Gasteiger partial charge in [0.2, 0.25) is 0 Å². The van der Waals surface area contributed by atoms with Gasteiger partial charge in [0.05, 0.1) is 25.1 Å². The second-order valence-electron chi connectivity index (χ2n) is 8.79. The highest BCUT2D eigenvalue weighted by atomic mass is 16.5. The number of nitrogens with two attached hydrogens (primary N) is 1. The van der Waals surface area contributed by atoms with Crippen molar-refractivity contribution in [3.05, 3.63) is 63.7 Å². The number of ether oxygens (including phenoxy) is 2. The number of aromatic nitrogens is 2. The van der Waals surface area contributed by atoms with E-state index in [1.54, 1.807) is 26.4 Å². The maximum absolute atomic E-state index is 12.6. The minimum atomic E-state index is -0.173. The van der Waals surface area contributed by atoms with Gasteiger partial charge in [0.1, 0.15) is 12.6 Å². The van der Waals surface area contributed by atoms with E-state index in [4.69, 9.17) is 9.47 Å². The summed E-state index contributed by atoms with van der Waals surface area (Å²) >= 11 is 0. The van der Waals surface area contributed by atoms with E-state index < -0.39 is 0 Å². The van der Waals surface area contributed by atoms with E-state index >= 15 is 0 Å². The van der Waals surface area contributed by atoms with Crippen LogP contribution in [0, 0.1) is 11.8 Å². The predicted octanol–water partition coefficient (Wildman–Crippen LogP) is 3.60. The van der Waals surface area contributed by atoms with Crippen molar-refractivity contribution in [2.75, 3.05) is 14.2 Å². The van der Waals surface area contributed by atoms with Crippen LogP contribution in [0.4, 0.5) is 0 Å². The van der Waals surface area contributed by atoms with Gasteiger partial charge in [-0.1, -0.05) is 52.0 Å². The summed E-state index contributed by atoms with van der Waals surface area (Å²) in [4.78, 5) is 20.2. The minimum Gasteiger partial charge on any atom is -0.493 e. The number of quaternary nitrogens is 1. The SMILES string of the molecule is COc1cc2nc(C[NH2+][C@@H](c3ccc(CC(C)C)cc3)C(C)C)[nH]c(=O)c2cc1OC. The van der Waals surface area contributed by atoms with Crippen LogP contribution < -0.4 is 20.3 Å². The van der Waals surface area contributed by atoms with Gasteiger partial charge in [0, 0.05) is 17.5 Å². The first-order valence-corrected chi connectivity index (χ1v) is 10.9. The van der Waals surface area contributed by atoms with Crippen LogP contribution in [0.3, 0.4) is 0 Å². The van der Waals surface area contributed by atoms with E-state index in [0.29, 0.717) is 46.6 Å². The molecule has 3 rings (SSSR count). The average molecular weight is 425 g/mol. The van der Waals surface area contributed by atoms with Crippen LogP contribution in [0.1, 0.15) is 50.7 Å². The molecule has 1 atom stereocenters. The molecule has 0 aliphatic rings. The summed E-state index contributed by atoms with van der Waals surface area (Å²) in [7, 11) is 3.13. The Kier molecular flexibility index (Phi) is 7.33. The van der Waals surface area contributed by atoms with Gasteiger partial charge in [-0.05, 0) is 24.0 Å². The summed E-state index contributed by atoms with van der Waals surface area (Å²) in [6.45, 7) is 9.49. The zero-order chi connectivity index (χ0) is 22.5. The van der Waals surface area contributed by atoms with Gasteiger partial charge in [-0.25, -0.2) is 4.98 Å². The lowest BCUT2D eigenvalue weighted by Crippen LogP contribution is -2.85. The van der Waals surface area contributed by atoms with Gasteiger partial charge in [-0.15, -0.1) is 0 Å². The zero-order valence-corrected chi connectivity index (χ0v) is 19.4. The number of nitrogens with zero attached hydrogens (tertiary/aromatic N) is 1. The number of rotatable bonds is 9. The molecule has 0 saturated heterocycles. The largest absolute Gasteiger partial charge is 0.493 e. The molecular formula is C25H34N3O3+. The molecule has 166 valence electrons. The molecule has 0 radical (unpaired) electrons. The Hall–Kier alpha value is -2.86. The first-order chi connectivity index (χ1) is 14.8. The Morgan fingerprint density at radius 1 is 1.00 bits per heavy atom. The molecule has 0 amide bonds. The molecule has 1 aromatic heterocycles. The number of nitrogens with one attached hydrogen (secondary N) is 1. The third kappa shape index (κ3) is 5.44. The molecule has 2 aromatic carbocycles. The molecule has 0 aliphatic heterocycles. The van der Waals surface area contributed by atoms with Crippen molar-refractivity contribution in [3.8, 4) is 11.5 Å². The van der Waals surface area contributed by atoms with Crippen LogP contribution in [0.2, 0.25) is 0 Å². The van der Waals surface area contributed by atoms with Crippen molar-refractivity contribution in [2.45, 2.75) is 46.7 Å². The molecular weight excluding hydrogens is 390 g/mol. The highest BCUT2D eigenvalue weighted by molar-refractivity contribution is 5.81. The molecule has 0 fully saturated rings. The van der Waals surface area contributed by atoms with Crippen molar-refractivity contribution in [1.82, 2.24) is 9.97 Å². The maximum Gasteiger partial charge on any atom is 0.259 e. The third-order valence-electron chi connectivity index (χ3n) is 5.55. The monoisotopic (exact) mass is 424 g/mol. The normalized spacial score (nSPS) is 12.5. The number of hydrogen-bond donors (Lipinski definition) is 2. The molecule has 3 aromatic rings. The highest BCUT2D eigenvalue weighted by Crippen LogP contribution is 2.29. The topological polar surface area (TPSA) is 80.8 Å². The Bertz CT molecular complexity index is 1070. The fraction of sp³-hybridized carbons (Fsp3) is 0.440. The fourth-order valence-electron chi connectivity index (χ4n) is 3.99. The zero-order valence-electron chi connectivity index (χ0n) is 19.4. The molecule has 31 heavy (non-hydrogen) atoms. The lowest BCUT2D eigenvalue weighted by atomic mass is 9.93. The van der Waals surface area contributed by atoms with Crippen molar-refractivity contribution >= 4 is 10.9 Å². The third-order valence-corrected chi connectivity index (χ3v) is 5.55. The van der Waals surface area contributed by atoms with Gasteiger partial charge in [-0.3, -0.25) is 4.79 Å². The summed E-state index contributed by atoms with van der Waals surface area (Å²) in [5.41, 5.74) is 3.08. The van der Waals surface area contributed by atoms with Crippen LogP contribution >= 0.6 is 0 Å². The second kappa shape index (κ2) is 9.96. The number of aromatic amines is 1. The molecule has 6 nitrogen and oxygen atoms in total. The summed E-state index contributed by atoms with van der Waals surface area (Å²) in [6.07, 6.45) is 1.09. The Morgan fingerprint density at radius 3 is 2.23 bits per heavy atom. The van der Waals surface area contributed by atoms with Gasteiger partial charge in [-0.2, -0.15) is 0 Å². The molecule has 0 aliphatic carbocycles. The number of benzene rings is 2. The molecule has 3 N–H and O–H groups in total. The smallest absolute Gasteiger partial charge is 0.259 e. The van der Waals surface area contributed by atoms with Gasteiger partial charge < -0.3 is 19.8 Å². The number of hydrogen-bond acceptors (Lipinski definition) is 4. The standard InChI is InChI=1S/C25H33N3O3/c1-15(2)11-17-7-9-18(10-8-17)24(16(3)4)26-14-23-27-20-13-22(31-6)21(30-5)12-19(20)25(29)28-23/h7-10,12-13,15-16,24,26H,11,14H2,1-6H3,(H,27,28,29)/p+1/t24-/m1/s1. The number of fused-ring (bicyclic) bond motifs is 1. The van der Waals surface area contributed by atoms with Gasteiger partial charge in [0.25, 0.3) is 5.56 Å². The number of methoxy groups -OCH3 is 2. The summed E-state index contributed by atoms with van der Waals surface area (Å²) < 4.78 is 10.7. The van der Waals surface area contributed by atoms with Crippen LogP contribution in [-0.4, -0.2) is 24.2 Å². The molecule has 0 bridgehead atoms. The summed E-state index contributed by atoms with van der Waals surface area (Å²) in [6, 6.07) is 12.6. The molecule has 0 spiro atoms. The van der Waals surface area contributed by atoms with E-state index in [1.165, 1.54) is 11.1 Å². The van der Waals surface area contributed by atoms with E-state index in [2.05, 4.69) is 67.2 Å². The van der Waals surface area contributed by atoms with Crippen LogP contribution in [0.25, 0.3) is 10.9 Å². The lowest BCUT2D eigenvalue weighted by molar-refractivity contribution is -0.718. The Balaban J connectivity index is 1.82. The van der Waals surface area contributed by atoms with Gasteiger partial charge >= 0.3 is 0 Å².